The predicted octanol–water partition coefficient (Wildman–Crippen LogP) is 4.17. The lowest BCUT2D eigenvalue weighted by Gasteiger charge is -2.34. The van der Waals surface area contributed by atoms with Crippen molar-refractivity contribution in [1.82, 2.24) is 14.8 Å². The van der Waals surface area contributed by atoms with Crippen molar-refractivity contribution in [2.24, 2.45) is 5.92 Å². The Morgan fingerprint density at radius 2 is 1.97 bits per heavy atom. The largest absolute Gasteiger partial charge is 0.477 e. The van der Waals surface area contributed by atoms with Crippen molar-refractivity contribution < 1.29 is 14.6 Å². The van der Waals surface area contributed by atoms with Crippen LogP contribution in [0.25, 0.3) is 16.7 Å². The second-order valence-corrected chi connectivity index (χ2v) is 9.28. The number of nitrogens with zero attached hydrogens (tertiary/aromatic N) is 5. The molecule has 2 aromatic heterocycles. The molecule has 1 aliphatic heterocycles. The van der Waals surface area contributed by atoms with Gasteiger partial charge in [-0.25, -0.2) is 14.5 Å². The maximum absolute atomic E-state index is 12.0. The second-order valence-electron chi connectivity index (χ2n) is 9.28. The topological polar surface area (TPSA) is 83.7 Å². The van der Waals surface area contributed by atoms with Crippen molar-refractivity contribution in [3.63, 3.8) is 0 Å². The summed E-state index contributed by atoms with van der Waals surface area (Å²) in [5.41, 5.74) is 4.36. The summed E-state index contributed by atoms with van der Waals surface area (Å²) in [5, 5.41) is 15.7. The Morgan fingerprint density at radius 3 is 2.58 bits per heavy atom. The molecule has 0 radical (unpaired) electrons. The smallest absolute Gasteiger partial charge is 0.354 e. The van der Waals surface area contributed by atoms with Gasteiger partial charge in [-0.05, 0) is 48.9 Å². The zero-order valence-electron chi connectivity index (χ0n) is 20.1. The van der Waals surface area contributed by atoms with E-state index in [9.17, 15) is 9.90 Å². The average Bonchev–Trinajstić information content (AvgIpc) is 3.19. The molecule has 1 aliphatic rings. The highest BCUT2D eigenvalue weighted by Gasteiger charge is 2.27. The van der Waals surface area contributed by atoms with E-state index in [2.05, 4.69) is 23.7 Å². The number of methoxy groups -OCH3 is 1. The highest BCUT2D eigenvalue weighted by molar-refractivity contribution is 5.98. The number of anilines is 2. The lowest BCUT2D eigenvalue weighted by molar-refractivity contribution is 0.0691. The van der Waals surface area contributed by atoms with E-state index in [1.807, 2.05) is 43.3 Å². The summed E-state index contributed by atoms with van der Waals surface area (Å²) in [6.45, 7) is 6.69. The normalized spacial score (nSPS) is 14.9. The summed E-state index contributed by atoms with van der Waals surface area (Å²) < 4.78 is 7.15. The second kappa shape index (κ2) is 9.39. The molecule has 0 atom stereocenters. The van der Waals surface area contributed by atoms with E-state index < -0.39 is 5.97 Å². The number of carbonyl (C=O) groups is 1. The Labute approximate surface area is 194 Å². The number of ether oxygens (including phenoxy) is 1. The van der Waals surface area contributed by atoms with Gasteiger partial charge in [-0.1, -0.05) is 19.9 Å². The van der Waals surface area contributed by atoms with Crippen molar-refractivity contribution in [2.45, 2.75) is 32.6 Å². The molecule has 3 aromatic rings. The molecule has 1 fully saturated rings. The van der Waals surface area contributed by atoms with Gasteiger partial charge >= 0.3 is 5.97 Å². The standard InChI is InChI=1S/C25H33N5O3/c1-16(2)23-22-21(29-11-9-17(10-12-29)15-33-5)14-20(25(31)32)26-24(22)30(27-23)19-8-6-7-18(13-19)28(3)4/h6-8,13-14,16-17H,9-12,15H2,1-5H3,(H,31,32). The van der Waals surface area contributed by atoms with Crippen molar-refractivity contribution in [1.29, 1.82) is 0 Å². The van der Waals surface area contributed by atoms with Gasteiger partial charge in [-0.3, -0.25) is 0 Å². The fraction of sp³-hybridized carbons (Fsp3) is 0.480. The number of benzene rings is 1. The number of carboxylic acid groups (broad SMARTS) is 1. The van der Waals surface area contributed by atoms with Crippen molar-refractivity contribution >= 4 is 28.4 Å². The van der Waals surface area contributed by atoms with Gasteiger partial charge in [0.05, 0.1) is 22.5 Å². The minimum atomic E-state index is -1.03. The van der Waals surface area contributed by atoms with Gasteiger partial charge < -0.3 is 19.6 Å². The molecular formula is C25H33N5O3. The van der Waals surface area contributed by atoms with Crippen LogP contribution in [0.5, 0.6) is 0 Å². The third-order valence-corrected chi connectivity index (χ3v) is 6.36. The summed E-state index contributed by atoms with van der Waals surface area (Å²) >= 11 is 0. The molecule has 0 saturated carbocycles. The zero-order valence-corrected chi connectivity index (χ0v) is 20.1. The lowest BCUT2D eigenvalue weighted by atomic mass is 9.96. The molecule has 0 unspecified atom stereocenters. The summed E-state index contributed by atoms with van der Waals surface area (Å²) in [4.78, 5) is 20.9. The van der Waals surface area contributed by atoms with Gasteiger partial charge in [0, 0.05) is 46.6 Å². The predicted molar refractivity (Wildman–Crippen MR) is 131 cm³/mol. The van der Waals surface area contributed by atoms with Crippen LogP contribution in [0.4, 0.5) is 11.4 Å². The van der Waals surface area contributed by atoms with Crippen LogP contribution in [0.3, 0.4) is 0 Å². The van der Waals surface area contributed by atoms with Crippen LogP contribution in [-0.4, -0.2) is 66.7 Å². The van der Waals surface area contributed by atoms with E-state index >= 15 is 0 Å². The Hall–Kier alpha value is -3.13. The number of hydrogen-bond donors (Lipinski definition) is 1. The lowest BCUT2D eigenvalue weighted by Crippen LogP contribution is -2.35. The van der Waals surface area contributed by atoms with Crippen LogP contribution in [-0.2, 0) is 4.74 Å². The van der Waals surface area contributed by atoms with Gasteiger partial charge in [0.1, 0.15) is 0 Å². The van der Waals surface area contributed by atoms with E-state index in [-0.39, 0.29) is 11.6 Å². The molecule has 8 nitrogen and oxygen atoms in total. The van der Waals surface area contributed by atoms with Crippen LogP contribution < -0.4 is 9.80 Å². The highest BCUT2D eigenvalue weighted by atomic mass is 16.5. The van der Waals surface area contributed by atoms with Crippen molar-refractivity contribution in [2.75, 3.05) is 50.7 Å². The van der Waals surface area contributed by atoms with Crippen molar-refractivity contribution in [3.05, 3.63) is 41.7 Å². The molecule has 1 saturated heterocycles. The highest BCUT2D eigenvalue weighted by Crippen LogP contribution is 2.36. The summed E-state index contributed by atoms with van der Waals surface area (Å²) in [6.07, 6.45) is 2.02. The quantitative estimate of drug-likeness (QED) is 0.577. The molecule has 33 heavy (non-hydrogen) atoms. The maximum Gasteiger partial charge on any atom is 0.354 e. The molecular weight excluding hydrogens is 418 g/mol. The van der Waals surface area contributed by atoms with Gasteiger partial charge in [0.2, 0.25) is 0 Å². The number of pyridine rings is 1. The molecule has 176 valence electrons. The first-order valence-electron chi connectivity index (χ1n) is 11.5. The molecule has 0 aliphatic carbocycles. The number of aromatic nitrogens is 3. The Morgan fingerprint density at radius 1 is 1.24 bits per heavy atom. The van der Waals surface area contributed by atoms with Crippen molar-refractivity contribution in [3.8, 4) is 5.69 Å². The first-order chi connectivity index (χ1) is 15.8. The zero-order chi connectivity index (χ0) is 23.7. The number of hydrogen-bond acceptors (Lipinski definition) is 6. The van der Waals surface area contributed by atoms with Crippen LogP contribution in [0.15, 0.2) is 30.3 Å². The number of rotatable bonds is 7. The summed E-state index contributed by atoms with van der Waals surface area (Å²) in [6, 6.07) is 9.76. The molecule has 1 N–H and O–H groups in total. The van der Waals surface area contributed by atoms with Gasteiger partial charge in [-0.15, -0.1) is 0 Å². The van der Waals surface area contributed by atoms with Crippen LogP contribution >= 0.6 is 0 Å². The van der Waals surface area contributed by atoms with E-state index in [0.717, 1.165) is 60.7 Å². The van der Waals surface area contributed by atoms with E-state index in [0.29, 0.717) is 11.6 Å². The van der Waals surface area contributed by atoms with E-state index in [4.69, 9.17) is 9.84 Å². The Balaban J connectivity index is 1.90. The molecule has 3 heterocycles. The van der Waals surface area contributed by atoms with E-state index in [1.165, 1.54) is 0 Å². The first kappa shape index (κ1) is 23.0. The molecule has 0 amide bonds. The molecule has 1 aromatic carbocycles. The monoisotopic (exact) mass is 451 g/mol. The fourth-order valence-corrected chi connectivity index (χ4v) is 4.54. The fourth-order valence-electron chi connectivity index (χ4n) is 4.54. The minimum Gasteiger partial charge on any atom is -0.477 e. The first-order valence-corrected chi connectivity index (χ1v) is 11.5. The molecule has 0 spiro atoms. The Kier molecular flexibility index (Phi) is 6.56. The number of carboxylic acids is 1. The Bertz CT molecular complexity index is 1150. The van der Waals surface area contributed by atoms with Gasteiger partial charge in [0.25, 0.3) is 0 Å². The van der Waals surface area contributed by atoms with Gasteiger partial charge in [-0.2, -0.15) is 5.10 Å². The molecule has 0 bridgehead atoms. The van der Waals surface area contributed by atoms with Crippen LogP contribution in [0, 0.1) is 5.92 Å². The minimum absolute atomic E-state index is 0.0386. The van der Waals surface area contributed by atoms with Gasteiger partial charge in [0.15, 0.2) is 11.3 Å². The number of piperidine rings is 1. The summed E-state index contributed by atoms with van der Waals surface area (Å²) in [5.74, 6) is -0.343. The van der Waals surface area contributed by atoms with Crippen LogP contribution in [0.2, 0.25) is 0 Å². The van der Waals surface area contributed by atoms with Crippen LogP contribution in [0.1, 0.15) is 48.8 Å². The van der Waals surface area contributed by atoms with E-state index in [1.54, 1.807) is 17.9 Å². The number of fused-ring (bicyclic) bond motifs is 1. The third-order valence-electron chi connectivity index (χ3n) is 6.36. The molecule has 8 heteroatoms. The maximum atomic E-state index is 12.0. The summed E-state index contributed by atoms with van der Waals surface area (Å²) in [7, 11) is 5.73. The molecule has 4 rings (SSSR count). The number of aromatic carboxylic acids is 1. The third kappa shape index (κ3) is 4.53. The average molecular weight is 452 g/mol. The SMILES string of the molecule is COCC1CCN(c2cc(C(=O)O)nc3c2c(C(C)C)nn3-c2cccc(N(C)C)c2)CC1.